The average Bonchev–Trinajstić information content (AvgIpc) is 2.71. The number of hydrogen-bond donors (Lipinski definition) is 2. The highest BCUT2D eigenvalue weighted by atomic mass is 79.9. The van der Waals surface area contributed by atoms with Crippen molar-refractivity contribution in [3.05, 3.63) is 27.1 Å². The van der Waals surface area contributed by atoms with Gasteiger partial charge in [-0.1, -0.05) is 15.9 Å². The van der Waals surface area contributed by atoms with Gasteiger partial charge in [-0.15, -0.1) is 0 Å². The highest BCUT2D eigenvalue weighted by Gasteiger charge is 2.36. The fourth-order valence-electron chi connectivity index (χ4n) is 1.88. The molecular formula is C14H12BrNO6S. The Hall–Kier alpha value is -2.00. The Morgan fingerprint density at radius 2 is 2.13 bits per heavy atom. The Kier molecular flexibility index (Phi) is 5.32. The molecule has 0 unspecified atom stereocenters. The molecule has 0 spiro atoms. The van der Waals surface area contributed by atoms with Crippen molar-refractivity contribution < 1.29 is 29.3 Å². The molecule has 1 aromatic carbocycles. The predicted octanol–water partition coefficient (Wildman–Crippen LogP) is 2.67. The highest BCUT2D eigenvalue weighted by Crippen LogP contribution is 2.38. The number of thioether (sulfide) groups is 1. The molecule has 2 amide bonds. The number of hydrogen-bond acceptors (Lipinski definition) is 6. The van der Waals surface area contributed by atoms with Crippen molar-refractivity contribution in [2.75, 3.05) is 13.2 Å². The maximum absolute atomic E-state index is 12.1. The molecular weight excluding hydrogens is 390 g/mol. The number of carboxylic acids is 1. The van der Waals surface area contributed by atoms with E-state index in [9.17, 15) is 19.5 Å². The third-order valence-corrected chi connectivity index (χ3v) is 4.19. The molecule has 2 N–H and O–H groups in total. The number of imide groups is 1. The van der Waals surface area contributed by atoms with Gasteiger partial charge in [0.15, 0.2) is 11.5 Å². The first-order valence-electron chi connectivity index (χ1n) is 6.46. The second-order valence-electron chi connectivity index (χ2n) is 4.44. The van der Waals surface area contributed by atoms with Gasteiger partial charge in [-0.3, -0.25) is 19.3 Å². The molecule has 0 bridgehead atoms. The maximum Gasteiger partial charge on any atom is 0.323 e. The van der Waals surface area contributed by atoms with Crippen molar-refractivity contribution in [2.45, 2.75) is 6.92 Å². The average molecular weight is 402 g/mol. The number of carbonyl (C=O) groups is 3. The number of halogens is 1. The first-order chi connectivity index (χ1) is 10.8. The normalized spacial score (nSPS) is 16.3. The standard InChI is InChI=1S/C14H12BrNO6S/c1-2-22-9-5-8(15)3-7(12(9)19)4-10-13(20)16(6-11(17)18)14(21)23-10/h3-5,19H,2,6H2,1H3,(H,17,18)/b10-4+. The maximum atomic E-state index is 12.1. The Labute approximate surface area is 144 Å². The van der Waals surface area contributed by atoms with E-state index in [0.717, 1.165) is 0 Å². The lowest BCUT2D eigenvalue weighted by Gasteiger charge is -2.10. The van der Waals surface area contributed by atoms with E-state index in [1.165, 1.54) is 6.08 Å². The predicted molar refractivity (Wildman–Crippen MR) is 87.3 cm³/mol. The Morgan fingerprint density at radius 1 is 1.43 bits per heavy atom. The summed E-state index contributed by atoms with van der Waals surface area (Å²) >= 11 is 3.89. The summed E-state index contributed by atoms with van der Waals surface area (Å²) in [6.45, 7) is 1.41. The van der Waals surface area contributed by atoms with Gasteiger partial charge in [0, 0.05) is 10.0 Å². The zero-order chi connectivity index (χ0) is 17.1. The number of carbonyl (C=O) groups excluding carboxylic acids is 2. The van der Waals surface area contributed by atoms with Gasteiger partial charge in [-0.05, 0) is 36.9 Å². The van der Waals surface area contributed by atoms with Crippen LogP contribution in [0.2, 0.25) is 0 Å². The van der Waals surface area contributed by atoms with E-state index in [-0.39, 0.29) is 22.0 Å². The van der Waals surface area contributed by atoms with Crippen molar-refractivity contribution in [2.24, 2.45) is 0 Å². The lowest BCUT2D eigenvalue weighted by atomic mass is 10.1. The lowest BCUT2D eigenvalue weighted by molar-refractivity contribution is -0.140. The fourth-order valence-corrected chi connectivity index (χ4v) is 3.17. The van der Waals surface area contributed by atoms with Crippen molar-refractivity contribution in [1.29, 1.82) is 0 Å². The number of ether oxygens (including phenoxy) is 1. The number of aromatic hydroxyl groups is 1. The summed E-state index contributed by atoms with van der Waals surface area (Å²) in [7, 11) is 0. The van der Waals surface area contributed by atoms with Crippen LogP contribution in [0.15, 0.2) is 21.5 Å². The van der Waals surface area contributed by atoms with E-state index in [0.29, 0.717) is 27.7 Å². The van der Waals surface area contributed by atoms with Crippen LogP contribution in [0.1, 0.15) is 12.5 Å². The van der Waals surface area contributed by atoms with Crippen LogP contribution in [-0.2, 0) is 9.59 Å². The van der Waals surface area contributed by atoms with Gasteiger partial charge in [-0.2, -0.15) is 0 Å². The van der Waals surface area contributed by atoms with Crippen LogP contribution in [0.5, 0.6) is 11.5 Å². The van der Waals surface area contributed by atoms with Crippen LogP contribution in [0.25, 0.3) is 6.08 Å². The number of rotatable bonds is 5. The monoisotopic (exact) mass is 401 g/mol. The number of phenols is 1. The van der Waals surface area contributed by atoms with Gasteiger partial charge in [0.05, 0.1) is 11.5 Å². The van der Waals surface area contributed by atoms with Crippen molar-refractivity contribution in [3.63, 3.8) is 0 Å². The number of phenolic OH excluding ortho intramolecular Hbond substituents is 1. The molecule has 2 rings (SSSR count). The SMILES string of the molecule is CCOc1cc(Br)cc(/C=C2/SC(=O)N(CC(=O)O)C2=O)c1O. The second kappa shape index (κ2) is 7.05. The molecule has 1 aliphatic rings. The second-order valence-corrected chi connectivity index (χ2v) is 6.35. The molecule has 0 aromatic heterocycles. The van der Waals surface area contributed by atoms with E-state index < -0.39 is 23.7 Å². The molecule has 1 aliphatic heterocycles. The Bertz CT molecular complexity index is 717. The largest absolute Gasteiger partial charge is 0.504 e. The van der Waals surface area contributed by atoms with Gasteiger partial charge < -0.3 is 14.9 Å². The minimum absolute atomic E-state index is 0.0344. The van der Waals surface area contributed by atoms with Gasteiger partial charge >= 0.3 is 5.97 Å². The third-order valence-electron chi connectivity index (χ3n) is 2.82. The van der Waals surface area contributed by atoms with Crippen LogP contribution in [-0.4, -0.2) is 45.4 Å². The van der Waals surface area contributed by atoms with Gasteiger partial charge in [0.2, 0.25) is 0 Å². The number of aliphatic carboxylic acids is 1. The zero-order valence-corrected chi connectivity index (χ0v) is 14.3. The summed E-state index contributed by atoms with van der Waals surface area (Å²) in [5.74, 6) is -1.92. The van der Waals surface area contributed by atoms with Gasteiger partial charge in [0.25, 0.3) is 11.1 Å². The topological polar surface area (TPSA) is 104 Å². The Morgan fingerprint density at radius 3 is 2.74 bits per heavy atom. The molecule has 0 atom stereocenters. The van der Waals surface area contributed by atoms with E-state index in [4.69, 9.17) is 9.84 Å². The van der Waals surface area contributed by atoms with E-state index >= 15 is 0 Å². The van der Waals surface area contributed by atoms with Crippen LogP contribution in [0, 0.1) is 0 Å². The first kappa shape index (κ1) is 17.4. The summed E-state index contributed by atoms with van der Waals surface area (Å²) < 4.78 is 5.91. The minimum atomic E-state index is -1.28. The van der Waals surface area contributed by atoms with Gasteiger partial charge in [0.1, 0.15) is 6.54 Å². The van der Waals surface area contributed by atoms with Crippen LogP contribution >= 0.6 is 27.7 Å². The summed E-state index contributed by atoms with van der Waals surface area (Å²) in [6.07, 6.45) is 1.33. The quantitative estimate of drug-likeness (QED) is 0.730. The molecule has 9 heteroatoms. The smallest absolute Gasteiger partial charge is 0.323 e. The molecule has 0 saturated carbocycles. The molecule has 1 saturated heterocycles. The summed E-state index contributed by atoms with van der Waals surface area (Å²) in [5.41, 5.74) is 0.281. The van der Waals surface area contributed by atoms with Crippen LogP contribution in [0.3, 0.4) is 0 Å². The van der Waals surface area contributed by atoms with Crippen LogP contribution < -0.4 is 4.74 Å². The van der Waals surface area contributed by atoms with E-state index in [2.05, 4.69) is 15.9 Å². The molecule has 0 radical (unpaired) electrons. The summed E-state index contributed by atoms with van der Waals surface area (Å²) in [6, 6.07) is 3.13. The highest BCUT2D eigenvalue weighted by molar-refractivity contribution is 9.10. The summed E-state index contributed by atoms with van der Waals surface area (Å²) in [4.78, 5) is 35.2. The summed E-state index contributed by atoms with van der Waals surface area (Å²) in [5, 5.41) is 18.2. The van der Waals surface area contributed by atoms with E-state index in [1.54, 1.807) is 19.1 Å². The van der Waals surface area contributed by atoms with Crippen molar-refractivity contribution >= 4 is 50.9 Å². The number of carboxylic acid groups (broad SMARTS) is 1. The Balaban J connectivity index is 2.37. The molecule has 1 heterocycles. The lowest BCUT2D eigenvalue weighted by Crippen LogP contribution is -2.33. The number of benzene rings is 1. The number of amides is 2. The first-order valence-corrected chi connectivity index (χ1v) is 8.07. The van der Waals surface area contributed by atoms with Crippen LogP contribution in [0.4, 0.5) is 4.79 Å². The third kappa shape index (κ3) is 3.85. The number of nitrogens with zero attached hydrogens (tertiary/aromatic N) is 1. The minimum Gasteiger partial charge on any atom is -0.504 e. The fraction of sp³-hybridized carbons (Fsp3) is 0.214. The van der Waals surface area contributed by atoms with Gasteiger partial charge in [-0.25, -0.2) is 0 Å². The molecule has 7 nitrogen and oxygen atoms in total. The van der Waals surface area contributed by atoms with E-state index in [1.807, 2.05) is 0 Å². The molecule has 1 aromatic rings. The molecule has 23 heavy (non-hydrogen) atoms. The molecule has 122 valence electrons. The zero-order valence-electron chi connectivity index (χ0n) is 11.9. The van der Waals surface area contributed by atoms with Crippen molar-refractivity contribution in [1.82, 2.24) is 4.90 Å². The molecule has 0 aliphatic carbocycles. The molecule has 1 fully saturated rings. The van der Waals surface area contributed by atoms with Crippen molar-refractivity contribution in [3.8, 4) is 11.5 Å².